The van der Waals surface area contributed by atoms with E-state index in [9.17, 15) is 4.79 Å². The quantitative estimate of drug-likeness (QED) is 0.395. The zero-order valence-corrected chi connectivity index (χ0v) is 18.4. The predicted molar refractivity (Wildman–Crippen MR) is 123 cm³/mol. The van der Waals surface area contributed by atoms with Crippen LogP contribution in [0.1, 0.15) is 56.2 Å². The van der Waals surface area contributed by atoms with E-state index >= 15 is 0 Å². The minimum absolute atomic E-state index is 0.213. The van der Waals surface area contributed by atoms with Crippen molar-refractivity contribution in [2.45, 2.75) is 58.7 Å². The van der Waals surface area contributed by atoms with Crippen LogP contribution in [0.4, 0.5) is 0 Å². The fourth-order valence-electron chi connectivity index (χ4n) is 3.79. The van der Waals surface area contributed by atoms with E-state index in [0.29, 0.717) is 18.9 Å². The third-order valence-electron chi connectivity index (χ3n) is 5.80. The van der Waals surface area contributed by atoms with E-state index < -0.39 is 0 Å². The molecule has 0 fully saturated rings. The number of fused-ring (bicyclic) bond motifs is 1. The average molecular weight is 407 g/mol. The second kappa shape index (κ2) is 10.8. The maximum absolute atomic E-state index is 12.6. The first kappa shape index (κ1) is 21.9. The highest BCUT2D eigenvalue weighted by Gasteiger charge is 2.22. The molecule has 5 nitrogen and oxygen atoms in total. The second-order valence-corrected chi connectivity index (χ2v) is 8.02. The Morgan fingerprint density at radius 2 is 1.67 bits per heavy atom. The van der Waals surface area contributed by atoms with E-state index in [2.05, 4.69) is 67.8 Å². The fourth-order valence-corrected chi connectivity index (χ4v) is 3.79. The molecule has 0 aliphatic carbocycles. The lowest BCUT2D eigenvalue weighted by molar-refractivity contribution is -0.131. The Morgan fingerprint density at radius 3 is 2.30 bits per heavy atom. The van der Waals surface area contributed by atoms with Crippen LogP contribution in [0.3, 0.4) is 0 Å². The van der Waals surface area contributed by atoms with Gasteiger partial charge in [0.25, 0.3) is 0 Å². The topological polar surface area (TPSA) is 56.7 Å². The molecule has 5 heteroatoms. The zero-order valence-electron chi connectivity index (χ0n) is 18.4. The van der Waals surface area contributed by atoms with E-state index in [1.807, 2.05) is 23.1 Å². The summed E-state index contributed by atoms with van der Waals surface area (Å²) in [4.78, 5) is 19.2. The van der Waals surface area contributed by atoms with E-state index in [0.717, 1.165) is 32.0 Å². The number of carbonyl (C=O) groups is 1. The van der Waals surface area contributed by atoms with Crippen molar-refractivity contribution >= 4 is 11.9 Å². The van der Waals surface area contributed by atoms with E-state index in [1.54, 1.807) is 0 Å². The number of hydrogen-bond acceptors (Lipinski definition) is 2. The van der Waals surface area contributed by atoms with Crippen molar-refractivity contribution in [1.82, 2.24) is 15.5 Å². The van der Waals surface area contributed by atoms with Gasteiger partial charge in [-0.25, -0.2) is 0 Å². The molecule has 0 saturated carbocycles. The summed E-state index contributed by atoms with van der Waals surface area (Å²) >= 11 is 0. The standard InChI is InChI=1S/C25H34N4O/c1-4-26-25(28-20(3)19(2)21-11-6-5-7-12-21)27-16-10-15-24(30)29-17-22-13-8-9-14-23(22)18-29/h5-9,11-14,19-20H,4,10,15-18H2,1-3H3,(H2,26,27,28). The molecule has 160 valence electrons. The summed E-state index contributed by atoms with van der Waals surface area (Å²) in [7, 11) is 0. The molecule has 0 spiro atoms. The van der Waals surface area contributed by atoms with Crippen molar-refractivity contribution in [2.75, 3.05) is 13.1 Å². The monoisotopic (exact) mass is 406 g/mol. The van der Waals surface area contributed by atoms with Gasteiger partial charge < -0.3 is 15.5 Å². The van der Waals surface area contributed by atoms with Crippen molar-refractivity contribution in [3.05, 3.63) is 71.3 Å². The summed E-state index contributed by atoms with van der Waals surface area (Å²) in [6, 6.07) is 19.1. The first-order valence-corrected chi connectivity index (χ1v) is 11.0. The van der Waals surface area contributed by atoms with Gasteiger partial charge in [-0.1, -0.05) is 61.5 Å². The van der Waals surface area contributed by atoms with Crippen LogP contribution in [0.25, 0.3) is 0 Å². The Labute approximate surface area is 180 Å². The van der Waals surface area contributed by atoms with Crippen molar-refractivity contribution in [3.63, 3.8) is 0 Å². The lowest BCUT2D eigenvalue weighted by atomic mass is 9.94. The van der Waals surface area contributed by atoms with Gasteiger partial charge in [-0.15, -0.1) is 0 Å². The average Bonchev–Trinajstić information content (AvgIpc) is 3.21. The molecular formula is C25H34N4O. The van der Waals surface area contributed by atoms with Crippen LogP contribution in [0.5, 0.6) is 0 Å². The van der Waals surface area contributed by atoms with E-state index in [-0.39, 0.29) is 11.9 Å². The molecule has 2 atom stereocenters. The Morgan fingerprint density at radius 1 is 1.03 bits per heavy atom. The number of rotatable bonds is 8. The molecule has 2 unspecified atom stereocenters. The maximum atomic E-state index is 12.6. The lowest BCUT2D eigenvalue weighted by Crippen LogP contribution is -2.44. The number of carbonyl (C=O) groups excluding carboxylic acids is 1. The normalized spacial score (nSPS) is 15.4. The summed E-state index contributed by atoms with van der Waals surface area (Å²) in [5, 5.41) is 6.83. The summed E-state index contributed by atoms with van der Waals surface area (Å²) < 4.78 is 0. The molecule has 1 amide bonds. The van der Waals surface area contributed by atoms with E-state index in [4.69, 9.17) is 4.99 Å². The number of nitrogens with one attached hydrogen (secondary N) is 2. The van der Waals surface area contributed by atoms with Crippen LogP contribution < -0.4 is 10.6 Å². The second-order valence-electron chi connectivity index (χ2n) is 8.02. The van der Waals surface area contributed by atoms with Crippen molar-refractivity contribution in [3.8, 4) is 0 Å². The molecule has 0 bridgehead atoms. The number of hydrogen-bond donors (Lipinski definition) is 2. The highest BCUT2D eigenvalue weighted by atomic mass is 16.2. The van der Waals surface area contributed by atoms with Gasteiger partial charge in [0.15, 0.2) is 5.96 Å². The third kappa shape index (κ3) is 5.85. The molecule has 2 aromatic rings. The van der Waals surface area contributed by atoms with Gasteiger partial charge in [0, 0.05) is 44.6 Å². The third-order valence-corrected chi connectivity index (χ3v) is 5.80. The highest BCUT2D eigenvalue weighted by molar-refractivity contribution is 5.80. The van der Waals surface area contributed by atoms with Gasteiger partial charge in [0.1, 0.15) is 0 Å². The summed E-state index contributed by atoms with van der Waals surface area (Å²) in [6.45, 7) is 9.38. The first-order chi connectivity index (χ1) is 14.6. The summed E-state index contributed by atoms with van der Waals surface area (Å²) in [5.41, 5.74) is 3.85. The minimum atomic E-state index is 0.213. The molecule has 0 radical (unpaired) electrons. The van der Waals surface area contributed by atoms with Gasteiger partial charge >= 0.3 is 0 Å². The van der Waals surface area contributed by atoms with Crippen LogP contribution in [0.15, 0.2) is 59.6 Å². The van der Waals surface area contributed by atoms with Crippen LogP contribution in [-0.4, -0.2) is 35.9 Å². The van der Waals surface area contributed by atoms with Crippen molar-refractivity contribution in [1.29, 1.82) is 0 Å². The summed E-state index contributed by atoms with van der Waals surface area (Å²) in [6.07, 6.45) is 1.29. The SMILES string of the molecule is CCNC(=NCCCC(=O)N1Cc2ccccc2C1)NC(C)C(C)c1ccccc1. The van der Waals surface area contributed by atoms with Gasteiger partial charge in [-0.2, -0.15) is 0 Å². The summed E-state index contributed by atoms with van der Waals surface area (Å²) in [5.74, 6) is 1.40. The molecular weight excluding hydrogens is 372 g/mol. The molecule has 1 heterocycles. The Kier molecular flexibility index (Phi) is 7.89. The van der Waals surface area contributed by atoms with Gasteiger partial charge in [0.2, 0.25) is 5.91 Å². The molecule has 2 N–H and O–H groups in total. The molecule has 30 heavy (non-hydrogen) atoms. The van der Waals surface area contributed by atoms with Crippen LogP contribution in [0.2, 0.25) is 0 Å². The Balaban J connectivity index is 1.46. The Hall–Kier alpha value is -2.82. The number of aliphatic imine (C=N–C) groups is 1. The van der Waals surface area contributed by atoms with Crippen molar-refractivity contribution in [2.24, 2.45) is 4.99 Å². The highest BCUT2D eigenvalue weighted by Crippen LogP contribution is 2.23. The number of amides is 1. The smallest absolute Gasteiger partial charge is 0.223 e. The van der Waals surface area contributed by atoms with Crippen molar-refractivity contribution < 1.29 is 4.79 Å². The van der Waals surface area contributed by atoms with Crippen LogP contribution in [0, 0.1) is 0 Å². The molecule has 0 saturated heterocycles. The molecule has 1 aliphatic heterocycles. The predicted octanol–water partition coefficient (Wildman–Crippen LogP) is 4.06. The lowest BCUT2D eigenvalue weighted by Gasteiger charge is -2.24. The van der Waals surface area contributed by atoms with Crippen LogP contribution in [-0.2, 0) is 17.9 Å². The zero-order chi connectivity index (χ0) is 21.3. The maximum Gasteiger partial charge on any atom is 0.223 e. The van der Waals surface area contributed by atoms with Gasteiger partial charge in [-0.3, -0.25) is 9.79 Å². The van der Waals surface area contributed by atoms with E-state index in [1.165, 1.54) is 16.7 Å². The number of guanidine groups is 1. The number of nitrogens with zero attached hydrogens (tertiary/aromatic N) is 2. The minimum Gasteiger partial charge on any atom is -0.357 e. The molecule has 0 aromatic heterocycles. The molecule has 1 aliphatic rings. The Bertz CT molecular complexity index is 824. The molecule has 3 rings (SSSR count). The van der Waals surface area contributed by atoms with Crippen LogP contribution >= 0.6 is 0 Å². The largest absolute Gasteiger partial charge is 0.357 e. The number of benzene rings is 2. The fraction of sp³-hybridized carbons (Fsp3) is 0.440. The first-order valence-electron chi connectivity index (χ1n) is 11.0. The van der Waals surface area contributed by atoms with Gasteiger partial charge in [0.05, 0.1) is 0 Å². The van der Waals surface area contributed by atoms with Gasteiger partial charge in [-0.05, 0) is 37.0 Å². The molecule has 2 aromatic carbocycles.